The minimum atomic E-state index is -0.817. The number of carbonyl (C=O) groups is 1. The average Bonchev–Trinajstić information content (AvgIpc) is 1.81. The van der Waals surface area contributed by atoms with Crippen molar-refractivity contribution in [1.29, 1.82) is 0 Å². The van der Waals surface area contributed by atoms with Crippen molar-refractivity contribution in [2.45, 2.75) is 26.7 Å². The molecule has 1 aliphatic rings. The zero-order chi connectivity index (χ0) is 7.78. The van der Waals surface area contributed by atoms with Crippen molar-refractivity contribution in [3.8, 4) is 0 Å². The Morgan fingerprint density at radius 3 is 2.40 bits per heavy atom. The minimum absolute atomic E-state index is 0.151. The lowest BCUT2D eigenvalue weighted by atomic mass is 9.67. The number of carboxylic acid groups (broad SMARTS) is 1. The third kappa shape index (κ3) is 1.20. The van der Waals surface area contributed by atoms with E-state index in [0.717, 1.165) is 18.4 Å². The first-order chi connectivity index (χ1) is 4.52. The first-order valence-electron chi connectivity index (χ1n) is 3.46. The molecule has 0 bridgehead atoms. The topological polar surface area (TPSA) is 37.3 Å². The SMILES string of the molecule is CC1(C)CC/C1=C\C(=O)O. The fourth-order valence-corrected chi connectivity index (χ4v) is 1.19. The van der Waals surface area contributed by atoms with Crippen LogP contribution in [0.1, 0.15) is 26.7 Å². The molecule has 0 aliphatic heterocycles. The summed E-state index contributed by atoms with van der Waals surface area (Å²) in [5.74, 6) is -0.817. The minimum Gasteiger partial charge on any atom is -0.478 e. The van der Waals surface area contributed by atoms with E-state index in [1.807, 2.05) is 0 Å². The molecule has 1 rings (SSSR count). The molecule has 2 nitrogen and oxygen atoms in total. The van der Waals surface area contributed by atoms with Gasteiger partial charge in [-0.15, -0.1) is 0 Å². The number of hydrogen-bond acceptors (Lipinski definition) is 1. The molecule has 0 aromatic carbocycles. The fourth-order valence-electron chi connectivity index (χ4n) is 1.19. The van der Waals surface area contributed by atoms with Crippen LogP contribution in [-0.4, -0.2) is 11.1 Å². The van der Waals surface area contributed by atoms with Gasteiger partial charge in [-0.1, -0.05) is 19.4 Å². The summed E-state index contributed by atoms with van der Waals surface area (Å²) >= 11 is 0. The smallest absolute Gasteiger partial charge is 0.328 e. The molecule has 0 aromatic heterocycles. The van der Waals surface area contributed by atoms with Crippen LogP contribution in [-0.2, 0) is 4.79 Å². The second-order valence-corrected chi connectivity index (χ2v) is 3.39. The van der Waals surface area contributed by atoms with Gasteiger partial charge in [0, 0.05) is 6.08 Å². The van der Waals surface area contributed by atoms with E-state index in [0.29, 0.717) is 0 Å². The lowest BCUT2D eigenvalue weighted by molar-refractivity contribution is -0.131. The second kappa shape index (κ2) is 2.11. The van der Waals surface area contributed by atoms with Crippen molar-refractivity contribution in [1.82, 2.24) is 0 Å². The Kier molecular flexibility index (Phi) is 1.55. The molecule has 1 aliphatic carbocycles. The molecule has 10 heavy (non-hydrogen) atoms. The highest BCUT2D eigenvalue weighted by atomic mass is 16.4. The number of aliphatic carboxylic acids is 1. The van der Waals surface area contributed by atoms with Gasteiger partial charge < -0.3 is 5.11 Å². The number of rotatable bonds is 1. The van der Waals surface area contributed by atoms with Gasteiger partial charge >= 0.3 is 5.97 Å². The van der Waals surface area contributed by atoms with Crippen LogP contribution < -0.4 is 0 Å². The predicted octanol–water partition coefficient (Wildman–Crippen LogP) is 1.82. The summed E-state index contributed by atoms with van der Waals surface area (Å²) in [6.07, 6.45) is 3.41. The maximum absolute atomic E-state index is 10.2. The van der Waals surface area contributed by atoms with Gasteiger partial charge in [0.2, 0.25) is 0 Å². The molecule has 0 amide bonds. The maximum Gasteiger partial charge on any atom is 0.328 e. The summed E-state index contributed by atoms with van der Waals surface area (Å²) in [6.45, 7) is 4.15. The van der Waals surface area contributed by atoms with Crippen molar-refractivity contribution in [2.24, 2.45) is 5.41 Å². The van der Waals surface area contributed by atoms with Crippen LogP contribution in [0.4, 0.5) is 0 Å². The molecular formula is C8H12O2. The van der Waals surface area contributed by atoms with Crippen LogP contribution in [0.15, 0.2) is 11.6 Å². The largest absolute Gasteiger partial charge is 0.478 e. The second-order valence-electron chi connectivity index (χ2n) is 3.39. The van der Waals surface area contributed by atoms with Gasteiger partial charge in [0.25, 0.3) is 0 Å². The van der Waals surface area contributed by atoms with E-state index in [2.05, 4.69) is 13.8 Å². The van der Waals surface area contributed by atoms with E-state index in [1.165, 1.54) is 6.08 Å². The normalized spacial score (nSPS) is 26.0. The lowest BCUT2D eigenvalue weighted by Gasteiger charge is -2.37. The van der Waals surface area contributed by atoms with E-state index >= 15 is 0 Å². The first kappa shape index (κ1) is 7.32. The van der Waals surface area contributed by atoms with Gasteiger partial charge in [0.05, 0.1) is 0 Å². The molecule has 56 valence electrons. The van der Waals surface area contributed by atoms with Crippen LogP contribution in [0.5, 0.6) is 0 Å². The Bertz CT molecular complexity index is 189. The summed E-state index contributed by atoms with van der Waals surface area (Å²) in [7, 11) is 0. The molecule has 1 saturated carbocycles. The summed E-state index contributed by atoms with van der Waals surface area (Å²) in [6, 6.07) is 0. The Morgan fingerprint density at radius 2 is 2.30 bits per heavy atom. The Balaban J connectivity index is 2.67. The Labute approximate surface area is 60.6 Å². The van der Waals surface area contributed by atoms with Crippen molar-refractivity contribution >= 4 is 5.97 Å². The molecule has 0 heterocycles. The Hall–Kier alpha value is -0.790. The zero-order valence-corrected chi connectivity index (χ0v) is 6.35. The van der Waals surface area contributed by atoms with Crippen LogP contribution in [0.3, 0.4) is 0 Å². The van der Waals surface area contributed by atoms with Crippen molar-refractivity contribution in [3.05, 3.63) is 11.6 Å². The van der Waals surface area contributed by atoms with Crippen LogP contribution >= 0.6 is 0 Å². The highest BCUT2D eigenvalue weighted by molar-refractivity contribution is 5.81. The van der Waals surface area contributed by atoms with Crippen LogP contribution in [0.25, 0.3) is 0 Å². The quantitative estimate of drug-likeness (QED) is 0.564. The van der Waals surface area contributed by atoms with Gasteiger partial charge in [-0.25, -0.2) is 4.79 Å². The lowest BCUT2D eigenvalue weighted by Crippen LogP contribution is -2.25. The Morgan fingerprint density at radius 1 is 1.70 bits per heavy atom. The van der Waals surface area contributed by atoms with Crippen molar-refractivity contribution in [3.63, 3.8) is 0 Å². The standard InChI is InChI=1S/C8H12O2/c1-8(2)4-3-6(8)5-7(9)10/h5H,3-4H2,1-2H3,(H,9,10)/b6-5+. The van der Waals surface area contributed by atoms with E-state index < -0.39 is 5.97 Å². The van der Waals surface area contributed by atoms with E-state index in [-0.39, 0.29) is 5.41 Å². The number of hydrogen-bond donors (Lipinski definition) is 1. The molecule has 2 heteroatoms. The molecule has 0 spiro atoms. The van der Waals surface area contributed by atoms with Gasteiger partial charge in [0.15, 0.2) is 0 Å². The molecule has 1 fully saturated rings. The molecule has 0 aromatic rings. The third-order valence-electron chi connectivity index (χ3n) is 2.19. The zero-order valence-electron chi connectivity index (χ0n) is 6.35. The van der Waals surface area contributed by atoms with Crippen LogP contribution in [0, 0.1) is 5.41 Å². The molecule has 0 atom stereocenters. The monoisotopic (exact) mass is 140 g/mol. The molecule has 0 radical (unpaired) electrons. The molecular weight excluding hydrogens is 128 g/mol. The summed E-state index contributed by atoms with van der Waals surface area (Å²) in [4.78, 5) is 10.2. The van der Waals surface area contributed by atoms with Crippen molar-refractivity contribution < 1.29 is 9.90 Å². The number of carboxylic acids is 1. The van der Waals surface area contributed by atoms with Gasteiger partial charge in [0.1, 0.15) is 0 Å². The average molecular weight is 140 g/mol. The maximum atomic E-state index is 10.2. The molecule has 0 saturated heterocycles. The van der Waals surface area contributed by atoms with Gasteiger partial charge in [-0.2, -0.15) is 0 Å². The van der Waals surface area contributed by atoms with E-state index in [9.17, 15) is 4.79 Å². The number of allylic oxidation sites excluding steroid dienone is 1. The summed E-state index contributed by atoms with van der Waals surface area (Å²) < 4.78 is 0. The summed E-state index contributed by atoms with van der Waals surface area (Å²) in [5.41, 5.74) is 1.22. The third-order valence-corrected chi connectivity index (χ3v) is 2.19. The van der Waals surface area contributed by atoms with Gasteiger partial charge in [-0.3, -0.25) is 0 Å². The molecule has 0 unspecified atom stereocenters. The van der Waals surface area contributed by atoms with Crippen LogP contribution in [0.2, 0.25) is 0 Å². The van der Waals surface area contributed by atoms with E-state index in [1.54, 1.807) is 0 Å². The highest BCUT2D eigenvalue weighted by Gasteiger charge is 2.32. The molecule has 1 N–H and O–H groups in total. The van der Waals surface area contributed by atoms with Gasteiger partial charge in [-0.05, 0) is 18.3 Å². The van der Waals surface area contributed by atoms with E-state index in [4.69, 9.17) is 5.11 Å². The fraction of sp³-hybridized carbons (Fsp3) is 0.625. The first-order valence-corrected chi connectivity index (χ1v) is 3.46. The van der Waals surface area contributed by atoms with Crippen molar-refractivity contribution in [2.75, 3.05) is 0 Å². The highest BCUT2D eigenvalue weighted by Crippen LogP contribution is 2.44. The summed E-state index contributed by atoms with van der Waals surface area (Å²) in [5, 5.41) is 8.40. The predicted molar refractivity (Wildman–Crippen MR) is 38.7 cm³/mol.